The van der Waals surface area contributed by atoms with Gasteiger partial charge in [0.25, 0.3) is 5.56 Å². The van der Waals surface area contributed by atoms with Crippen LogP contribution in [0.15, 0.2) is 59.5 Å². The molecule has 5 heteroatoms. The molecule has 0 saturated heterocycles. The molecule has 4 nitrogen and oxygen atoms in total. The highest BCUT2D eigenvalue weighted by Gasteiger charge is 2.08. The van der Waals surface area contributed by atoms with Crippen LogP contribution in [0.3, 0.4) is 0 Å². The maximum Gasteiger partial charge on any atom is 0.259 e. The summed E-state index contributed by atoms with van der Waals surface area (Å²) < 4.78 is 0. The lowest BCUT2D eigenvalue weighted by atomic mass is 10.1. The van der Waals surface area contributed by atoms with E-state index < -0.39 is 0 Å². The number of pyridine rings is 1. The third kappa shape index (κ3) is 2.05. The van der Waals surface area contributed by atoms with Gasteiger partial charge in [0.15, 0.2) is 0 Å². The molecule has 0 spiro atoms. The third-order valence-electron chi connectivity index (χ3n) is 3.57. The Morgan fingerprint density at radius 2 is 1.82 bits per heavy atom. The van der Waals surface area contributed by atoms with Crippen LogP contribution in [0.5, 0.6) is 0 Å². The summed E-state index contributed by atoms with van der Waals surface area (Å²) in [6.45, 7) is 0. The Hall–Kier alpha value is -2.72. The molecule has 0 fully saturated rings. The van der Waals surface area contributed by atoms with E-state index in [1.807, 2.05) is 36.4 Å². The van der Waals surface area contributed by atoms with Crippen molar-refractivity contribution in [3.05, 3.63) is 70.1 Å². The first-order chi connectivity index (χ1) is 10.7. The van der Waals surface area contributed by atoms with E-state index in [2.05, 4.69) is 15.0 Å². The van der Waals surface area contributed by atoms with Gasteiger partial charge >= 0.3 is 0 Å². The van der Waals surface area contributed by atoms with Crippen LogP contribution >= 0.6 is 11.6 Å². The first-order valence-corrected chi connectivity index (χ1v) is 7.14. The van der Waals surface area contributed by atoms with E-state index in [1.54, 1.807) is 18.3 Å². The number of hydrogen-bond donors (Lipinski definition) is 1. The summed E-state index contributed by atoms with van der Waals surface area (Å²) in [5.41, 5.74) is 2.11. The van der Waals surface area contributed by atoms with Crippen LogP contribution in [-0.4, -0.2) is 15.0 Å². The summed E-state index contributed by atoms with van der Waals surface area (Å²) in [6.07, 6.45) is 1.67. The van der Waals surface area contributed by atoms with Crippen LogP contribution in [-0.2, 0) is 0 Å². The second-order valence-corrected chi connectivity index (χ2v) is 5.36. The Morgan fingerprint density at radius 3 is 2.73 bits per heavy atom. The molecular weight excluding hydrogens is 298 g/mol. The first-order valence-electron chi connectivity index (χ1n) is 6.76. The molecule has 106 valence electrons. The van der Waals surface area contributed by atoms with Crippen LogP contribution in [0.25, 0.3) is 33.2 Å². The maximum atomic E-state index is 12.2. The number of aromatic amines is 1. The Bertz CT molecular complexity index is 1070. The largest absolute Gasteiger partial charge is 0.306 e. The number of aromatic nitrogens is 3. The van der Waals surface area contributed by atoms with Gasteiger partial charge in [0.05, 0.1) is 21.4 Å². The summed E-state index contributed by atoms with van der Waals surface area (Å²) in [4.78, 5) is 23.8. The van der Waals surface area contributed by atoms with Crippen LogP contribution in [0.4, 0.5) is 0 Å². The van der Waals surface area contributed by atoms with Gasteiger partial charge < -0.3 is 4.98 Å². The number of H-pyrrole nitrogens is 1. The molecule has 0 aliphatic heterocycles. The predicted molar refractivity (Wildman–Crippen MR) is 88.1 cm³/mol. The monoisotopic (exact) mass is 307 g/mol. The number of nitrogens with zero attached hydrogens (tertiary/aromatic N) is 2. The predicted octanol–water partition coefficient (Wildman–Crippen LogP) is 3.79. The zero-order valence-corrected chi connectivity index (χ0v) is 12.1. The molecule has 0 unspecified atom stereocenters. The standard InChI is InChI=1S/C17H10ClN3O/c18-13-7-8-19-14-6-5-10(9-12(13)14)16-20-15-4-2-1-3-11(15)17(22)21-16/h1-9H,(H,20,21,22). The Labute approximate surface area is 130 Å². The molecule has 0 aliphatic rings. The number of rotatable bonds is 1. The van der Waals surface area contributed by atoms with Crippen LogP contribution in [0.1, 0.15) is 0 Å². The number of nitrogens with one attached hydrogen (secondary N) is 1. The van der Waals surface area contributed by atoms with Gasteiger partial charge in [-0.3, -0.25) is 9.78 Å². The summed E-state index contributed by atoms with van der Waals surface area (Å²) in [5.74, 6) is 0.519. The third-order valence-corrected chi connectivity index (χ3v) is 3.90. The van der Waals surface area contributed by atoms with Gasteiger partial charge in [0.2, 0.25) is 0 Å². The zero-order chi connectivity index (χ0) is 15.1. The van der Waals surface area contributed by atoms with E-state index in [9.17, 15) is 4.79 Å². The van der Waals surface area contributed by atoms with Crippen molar-refractivity contribution in [2.24, 2.45) is 0 Å². The second kappa shape index (κ2) is 4.93. The lowest BCUT2D eigenvalue weighted by Gasteiger charge is -2.05. The second-order valence-electron chi connectivity index (χ2n) is 4.96. The fourth-order valence-corrected chi connectivity index (χ4v) is 2.69. The molecule has 0 amide bonds. The van der Waals surface area contributed by atoms with E-state index >= 15 is 0 Å². The van der Waals surface area contributed by atoms with Crippen LogP contribution in [0, 0.1) is 0 Å². The lowest BCUT2D eigenvalue weighted by molar-refractivity contribution is 1.18. The summed E-state index contributed by atoms with van der Waals surface area (Å²) in [5, 5.41) is 2.03. The Morgan fingerprint density at radius 1 is 0.955 bits per heavy atom. The highest BCUT2D eigenvalue weighted by Crippen LogP contribution is 2.26. The SMILES string of the molecule is O=c1[nH]c(-c2ccc3nccc(Cl)c3c2)nc2ccccc12. The lowest BCUT2D eigenvalue weighted by Crippen LogP contribution is -2.09. The number of para-hydroxylation sites is 1. The molecule has 2 aromatic heterocycles. The summed E-state index contributed by atoms with van der Waals surface area (Å²) >= 11 is 6.21. The molecule has 2 heterocycles. The van der Waals surface area contributed by atoms with Crippen molar-refractivity contribution in [3.63, 3.8) is 0 Å². The molecule has 1 N–H and O–H groups in total. The molecule has 2 aromatic carbocycles. The van der Waals surface area contributed by atoms with Gasteiger partial charge in [-0.25, -0.2) is 4.98 Å². The van der Waals surface area contributed by atoms with Crippen molar-refractivity contribution < 1.29 is 0 Å². The van der Waals surface area contributed by atoms with Gasteiger partial charge in [-0.1, -0.05) is 23.7 Å². The minimum atomic E-state index is -0.155. The van der Waals surface area contributed by atoms with E-state index in [1.165, 1.54) is 0 Å². The highest BCUT2D eigenvalue weighted by molar-refractivity contribution is 6.35. The van der Waals surface area contributed by atoms with E-state index in [0.717, 1.165) is 16.5 Å². The smallest absolute Gasteiger partial charge is 0.259 e. The first kappa shape index (κ1) is 13.0. The minimum absolute atomic E-state index is 0.155. The average molecular weight is 308 g/mol. The molecule has 4 aromatic rings. The van der Waals surface area contributed by atoms with Gasteiger partial charge in [0.1, 0.15) is 5.82 Å². The van der Waals surface area contributed by atoms with Crippen molar-refractivity contribution in [3.8, 4) is 11.4 Å². The van der Waals surface area contributed by atoms with E-state index in [4.69, 9.17) is 11.6 Å². The van der Waals surface area contributed by atoms with Crippen molar-refractivity contribution in [2.45, 2.75) is 0 Å². The normalized spacial score (nSPS) is 11.1. The fraction of sp³-hybridized carbons (Fsp3) is 0. The fourth-order valence-electron chi connectivity index (χ4n) is 2.48. The summed E-state index contributed by atoms with van der Waals surface area (Å²) in [6, 6.07) is 14.6. The average Bonchev–Trinajstić information content (AvgIpc) is 2.55. The van der Waals surface area contributed by atoms with Crippen molar-refractivity contribution in [2.75, 3.05) is 0 Å². The number of hydrogen-bond acceptors (Lipinski definition) is 3. The number of benzene rings is 2. The Balaban J connectivity index is 1.99. The number of halogens is 1. The van der Waals surface area contributed by atoms with E-state index in [0.29, 0.717) is 21.7 Å². The molecule has 0 saturated carbocycles. The molecule has 0 bridgehead atoms. The van der Waals surface area contributed by atoms with Crippen molar-refractivity contribution in [1.82, 2.24) is 15.0 Å². The van der Waals surface area contributed by atoms with E-state index in [-0.39, 0.29) is 5.56 Å². The minimum Gasteiger partial charge on any atom is -0.306 e. The van der Waals surface area contributed by atoms with Crippen LogP contribution in [0.2, 0.25) is 5.02 Å². The molecule has 0 radical (unpaired) electrons. The van der Waals surface area contributed by atoms with Gasteiger partial charge in [-0.05, 0) is 36.4 Å². The topological polar surface area (TPSA) is 58.6 Å². The van der Waals surface area contributed by atoms with Gasteiger partial charge in [0, 0.05) is 17.1 Å². The van der Waals surface area contributed by atoms with Gasteiger partial charge in [-0.15, -0.1) is 0 Å². The quantitative estimate of drug-likeness (QED) is 0.582. The maximum absolute atomic E-state index is 12.2. The summed E-state index contributed by atoms with van der Waals surface area (Å²) in [7, 11) is 0. The van der Waals surface area contributed by atoms with Crippen LogP contribution < -0.4 is 5.56 Å². The molecule has 4 rings (SSSR count). The molecule has 0 atom stereocenters. The zero-order valence-electron chi connectivity index (χ0n) is 11.4. The van der Waals surface area contributed by atoms with Crippen molar-refractivity contribution in [1.29, 1.82) is 0 Å². The van der Waals surface area contributed by atoms with Gasteiger partial charge in [-0.2, -0.15) is 0 Å². The molecular formula is C17H10ClN3O. The van der Waals surface area contributed by atoms with Crippen molar-refractivity contribution >= 4 is 33.4 Å². The Kier molecular flexibility index (Phi) is 2.91. The molecule has 22 heavy (non-hydrogen) atoms. The number of fused-ring (bicyclic) bond motifs is 2. The highest BCUT2D eigenvalue weighted by atomic mass is 35.5. The molecule has 0 aliphatic carbocycles.